The Hall–Kier alpha value is -1.51. The van der Waals surface area contributed by atoms with Gasteiger partial charge >= 0.3 is 0 Å². The maximum atomic E-state index is 11.0. The number of carbonyl (C=O) groups excluding carboxylic acids is 1. The van der Waals surface area contributed by atoms with E-state index in [0.717, 1.165) is 13.1 Å². The van der Waals surface area contributed by atoms with E-state index >= 15 is 0 Å². The molecule has 0 aliphatic carbocycles. The molecule has 2 rings (SSSR count). The molecule has 1 aliphatic rings. The Morgan fingerprint density at radius 3 is 2.18 bits per heavy atom. The van der Waals surface area contributed by atoms with Crippen LogP contribution in [-0.4, -0.2) is 19.0 Å². The molecule has 92 valence electrons. The SMILES string of the molecule is CC1(C)CCN(c2ccc(C(N)=O)cc2)CC1. The molecule has 1 aromatic carbocycles. The number of nitrogens with two attached hydrogens (primary N) is 1. The van der Waals surface area contributed by atoms with Gasteiger partial charge in [0.25, 0.3) is 0 Å². The fourth-order valence-electron chi connectivity index (χ4n) is 2.21. The summed E-state index contributed by atoms with van der Waals surface area (Å²) < 4.78 is 0. The zero-order valence-corrected chi connectivity index (χ0v) is 10.6. The van der Waals surface area contributed by atoms with E-state index < -0.39 is 0 Å². The van der Waals surface area contributed by atoms with Crippen molar-refractivity contribution in [3.8, 4) is 0 Å². The summed E-state index contributed by atoms with van der Waals surface area (Å²) >= 11 is 0. The number of benzene rings is 1. The number of nitrogens with zero attached hydrogens (tertiary/aromatic N) is 1. The van der Waals surface area contributed by atoms with E-state index in [1.807, 2.05) is 12.1 Å². The van der Waals surface area contributed by atoms with E-state index in [9.17, 15) is 4.79 Å². The fraction of sp³-hybridized carbons (Fsp3) is 0.500. The molecule has 0 unspecified atom stereocenters. The Labute approximate surface area is 103 Å². The maximum Gasteiger partial charge on any atom is 0.248 e. The van der Waals surface area contributed by atoms with Gasteiger partial charge in [-0.15, -0.1) is 0 Å². The van der Waals surface area contributed by atoms with Crippen molar-refractivity contribution in [1.29, 1.82) is 0 Å². The second-order valence-electron chi connectivity index (χ2n) is 5.56. The summed E-state index contributed by atoms with van der Waals surface area (Å²) in [6.07, 6.45) is 2.43. The Morgan fingerprint density at radius 2 is 1.71 bits per heavy atom. The lowest BCUT2D eigenvalue weighted by molar-refractivity contribution is 0.100. The molecule has 0 atom stereocenters. The van der Waals surface area contributed by atoms with Crippen molar-refractivity contribution in [2.45, 2.75) is 26.7 Å². The molecule has 1 fully saturated rings. The molecule has 0 bridgehead atoms. The Balaban J connectivity index is 2.06. The van der Waals surface area contributed by atoms with Crippen molar-refractivity contribution in [3.63, 3.8) is 0 Å². The predicted molar refractivity (Wildman–Crippen MR) is 70.2 cm³/mol. The number of hydrogen-bond acceptors (Lipinski definition) is 2. The van der Waals surface area contributed by atoms with E-state index in [4.69, 9.17) is 5.73 Å². The minimum absolute atomic E-state index is 0.365. The van der Waals surface area contributed by atoms with Crippen molar-refractivity contribution >= 4 is 11.6 Å². The molecule has 1 saturated heterocycles. The van der Waals surface area contributed by atoms with E-state index in [0.29, 0.717) is 11.0 Å². The van der Waals surface area contributed by atoms with Crippen molar-refractivity contribution in [1.82, 2.24) is 0 Å². The van der Waals surface area contributed by atoms with Crippen molar-refractivity contribution < 1.29 is 4.79 Å². The Bertz CT molecular complexity index is 399. The van der Waals surface area contributed by atoms with E-state index in [1.165, 1.54) is 18.5 Å². The van der Waals surface area contributed by atoms with Gasteiger partial charge in [-0.2, -0.15) is 0 Å². The van der Waals surface area contributed by atoms with Crippen LogP contribution in [0.15, 0.2) is 24.3 Å². The number of piperidine rings is 1. The van der Waals surface area contributed by atoms with E-state index in [-0.39, 0.29) is 5.91 Å². The minimum Gasteiger partial charge on any atom is -0.371 e. The summed E-state index contributed by atoms with van der Waals surface area (Å²) in [6.45, 7) is 6.81. The number of primary amides is 1. The number of hydrogen-bond donors (Lipinski definition) is 1. The number of carbonyl (C=O) groups is 1. The maximum absolute atomic E-state index is 11.0. The van der Waals surface area contributed by atoms with Crippen LogP contribution in [0.5, 0.6) is 0 Å². The standard InChI is InChI=1S/C14H20N2O/c1-14(2)7-9-16(10-8-14)12-5-3-11(4-6-12)13(15)17/h3-6H,7-10H2,1-2H3,(H2,15,17). The van der Waals surface area contributed by atoms with Gasteiger partial charge in [0.05, 0.1) is 0 Å². The molecular formula is C14H20N2O. The first-order valence-electron chi connectivity index (χ1n) is 6.13. The van der Waals surface area contributed by atoms with Crippen LogP contribution in [0.3, 0.4) is 0 Å². The third kappa shape index (κ3) is 2.78. The lowest BCUT2D eigenvalue weighted by atomic mass is 9.82. The summed E-state index contributed by atoms with van der Waals surface area (Å²) in [5.74, 6) is -0.365. The summed E-state index contributed by atoms with van der Waals surface area (Å²) in [7, 11) is 0. The Kier molecular flexibility index (Phi) is 3.09. The first-order chi connectivity index (χ1) is 7.98. The van der Waals surface area contributed by atoms with Crippen molar-refractivity contribution in [3.05, 3.63) is 29.8 Å². The Morgan fingerprint density at radius 1 is 1.18 bits per heavy atom. The molecule has 1 amide bonds. The molecule has 2 N–H and O–H groups in total. The molecule has 17 heavy (non-hydrogen) atoms. The average molecular weight is 232 g/mol. The first kappa shape index (κ1) is 12.0. The van der Waals surface area contributed by atoms with Crippen molar-refractivity contribution in [2.24, 2.45) is 11.1 Å². The van der Waals surface area contributed by atoms with Crippen molar-refractivity contribution in [2.75, 3.05) is 18.0 Å². The topological polar surface area (TPSA) is 46.3 Å². The second-order valence-corrected chi connectivity index (χ2v) is 5.56. The van der Waals surface area contributed by atoms with Gasteiger partial charge < -0.3 is 10.6 Å². The van der Waals surface area contributed by atoms with Gasteiger partial charge in [-0.1, -0.05) is 13.8 Å². The molecular weight excluding hydrogens is 212 g/mol. The van der Waals surface area contributed by atoms with Gasteiger partial charge in [0, 0.05) is 24.3 Å². The second kappa shape index (κ2) is 4.40. The average Bonchev–Trinajstić information content (AvgIpc) is 2.29. The van der Waals surface area contributed by atoms with Crippen LogP contribution < -0.4 is 10.6 Å². The smallest absolute Gasteiger partial charge is 0.248 e. The van der Waals surface area contributed by atoms with Crippen LogP contribution in [0.4, 0.5) is 5.69 Å². The monoisotopic (exact) mass is 232 g/mol. The highest BCUT2D eigenvalue weighted by atomic mass is 16.1. The summed E-state index contributed by atoms with van der Waals surface area (Å²) in [5.41, 5.74) is 7.45. The van der Waals surface area contributed by atoms with Crippen LogP contribution in [0.25, 0.3) is 0 Å². The summed E-state index contributed by atoms with van der Waals surface area (Å²) in [5, 5.41) is 0. The quantitative estimate of drug-likeness (QED) is 0.851. The molecule has 0 saturated carbocycles. The molecule has 3 nitrogen and oxygen atoms in total. The molecule has 1 heterocycles. The molecule has 0 radical (unpaired) electrons. The first-order valence-corrected chi connectivity index (χ1v) is 6.13. The number of rotatable bonds is 2. The molecule has 0 aromatic heterocycles. The molecule has 1 aliphatic heterocycles. The fourth-order valence-corrected chi connectivity index (χ4v) is 2.21. The van der Waals surface area contributed by atoms with Crippen LogP contribution in [0, 0.1) is 5.41 Å². The zero-order chi connectivity index (χ0) is 12.5. The number of amides is 1. The molecule has 1 aromatic rings. The lowest BCUT2D eigenvalue weighted by Gasteiger charge is -2.38. The third-order valence-corrected chi connectivity index (χ3v) is 3.63. The predicted octanol–water partition coefficient (Wildman–Crippen LogP) is 2.41. The summed E-state index contributed by atoms with van der Waals surface area (Å²) in [6, 6.07) is 7.58. The lowest BCUT2D eigenvalue weighted by Crippen LogP contribution is -2.37. The van der Waals surface area contributed by atoms with Gasteiger partial charge in [-0.05, 0) is 42.5 Å². The zero-order valence-electron chi connectivity index (χ0n) is 10.6. The highest BCUT2D eigenvalue weighted by molar-refractivity contribution is 5.93. The van der Waals surface area contributed by atoms with E-state index in [1.54, 1.807) is 12.1 Å². The minimum atomic E-state index is -0.365. The molecule has 3 heteroatoms. The third-order valence-electron chi connectivity index (χ3n) is 3.63. The van der Waals surface area contributed by atoms with E-state index in [2.05, 4.69) is 18.7 Å². The van der Waals surface area contributed by atoms with Crippen LogP contribution >= 0.6 is 0 Å². The summed E-state index contributed by atoms with van der Waals surface area (Å²) in [4.78, 5) is 13.4. The van der Waals surface area contributed by atoms with Gasteiger partial charge in [-0.3, -0.25) is 4.79 Å². The highest BCUT2D eigenvalue weighted by Crippen LogP contribution is 2.32. The van der Waals surface area contributed by atoms with Gasteiger partial charge in [-0.25, -0.2) is 0 Å². The van der Waals surface area contributed by atoms with Gasteiger partial charge in [0.15, 0.2) is 0 Å². The van der Waals surface area contributed by atoms with Crippen LogP contribution in [0.1, 0.15) is 37.0 Å². The number of anilines is 1. The van der Waals surface area contributed by atoms with Gasteiger partial charge in [0.2, 0.25) is 5.91 Å². The van der Waals surface area contributed by atoms with Crippen LogP contribution in [0.2, 0.25) is 0 Å². The van der Waals surface area contributed by atoms with Gasteiger partial charge in [0.1, 0.15) is 0 Å². The largest absolute Gasteiger partial charge is 0.371 e. The normalized spacial score (nSPS) is 19.1. The molecule has 0 spiro atoms. The highest BCUT2D eigenvalue weighted by Gasteiger charge is 2.25. The van der Waals surface area contributed by atoms with Crippen LogP contribution in [-0.2, 0) is 0 Å².